The van der Waals surface area contributed by atoms with Gasteiger partial charge in [-0.2, -0.15) is 5.10 Å². The second kappa shape index (κ2) is 8.70. The summed E-state index contributed by atoms with van der Waals surface area (Å²) in [5.74, 6) is 1.66. The molecule has 0 unspecified atom stereocenters. The van der Waals surface area contributed by atoms with Gasteiger partial charge < -0.3 is 15.4 Å². The van der Waals surface area contributed by atoms with Crippen molar-refractivity contribution in [2.75, 3.05) is 40.4 Å². The predicted molar refractivity (Wildman–Crippen MR) is 85.7 cm³/mol. The van der Waals surface area contributed by atoms with Gasteiger partial charge in [-0.3, -0.25) is 14.6 Å². The molecule has 0 aliphatic heterocycles. The fourth-order valence-electron chi connectivity index (χ4n) is 2.31. The number of guanidine groups is 1. The molecule has 1 aromatic rings. The molecule has 1 aromatic heterocycles. The third-order valence-corrected chi connectivity index (χ3v) is 3.78. The van der Waals surface area contributed by atoms with Gasteiger partial charge in [0.1, 0.15) is 12.2 Å². The van der Waals surface area contributed by atoms with E-state index >= 15 is 0 Å². The number of methoxy groups -OCH3 is 1. The molecule has 0 radical (unpaired) electrons. The topological polar surface area (TPSA) is 79.6 Å². The first kappa shape index (κ1) is 16.7. The fraction of sp³-hybridized carbons (Fsp3) is 0.786. The Kier molecular flexibility index (Phi) is 6.60. The van der Waals surface area contributed by atoms with E-state index in [1.54, 1.807) is 25.2 Å². The molecule has 8 nitrogen and oxygen atoms in total. The quantitative estimate of drug-likeness (QED) is 0.477. The SMILES string of the molecule is CN=C(NCCN(CCOC)C1CC1)NCc1ncnn1C. The van der Waals surface area contributed by atoms with Gasteiger partial charge >= 0.3 is 0 Å². The van der Waals surface area contributed by atoms with E-state index in [0.717, 1.165) is 44.1 Å². The van der Waals surface area contributed by atoms with Crippen LogP contribution in [0.5, 0.6) is 0 Å². The summed E-state index contributed by atoms with van der Waals surface area (Å²) in [6, 6.07) is 0.741. The first-order valence-corrected chi connectivity index (χ1v) is 7.75. The van der Waals surface area contributed by atoms with Crippen LogP contribution < -0.4 is 10.6 Å². The molecule has 0 amide bonds. The Balaban J connectivity index is 1.68. The van der Waals surface area contributed by atoms with E-state index in [0.29, 0.717) is 6.54 Å². The monoisotopic (exact) mass is 309 g/mol. The van der Waals surface area contributed by atoms with Gasteiger partial charge in [-0.1, -0.05) is 0 Å². The van der Waals surface area contributed by atoms with E-state index in [1.165, 1.54) is 12.8 Å². The number of hydrogen-bond acceptors (Lipinski definition) is 5. The largest absolute Gasteiger partial charge is 0.383 e. The van der Waals surface area contributed by atoms with Crippen molar-refractivity contribution >= 4 is 5.96 Å². The van der Waals surface area contributed by atoms with Crippen LogP contribution in [0.15, 0.2) is 11.3 Å². The van der Waals surface area contributed by atoms with E-state index in [4.69, 9.17) is 4.74 Å². The number of aromatic nitrogens is 3. The zero-order valence-corrected chi connectivity index (χ0v) is 13.7. The number of hydrogen-bond donors (Lipinski definition) is 2. The highest BCUT2D eigenvalue weighted by Gasteiger charge is 2.28. The van der Waals surface area contributed by atoms with E-state index < -0.39 is 0 Å². The number of nitrogens with zero attached hydrogens (tertiary/aromatic N) is 5. The van der Waals surface area contributed by atoms with Crippen LogP contribution in [0.1, 0.15) is 18.7 Å². The highest BCUT2D eigenvalue weighted by molar-refractivity contribution is 5.79. The van der Waals surface area contributed by atoms with Crippen molar-refractivity contribution < 1.29 is 4.74 Å². The van der Waals surface area contributed by atoms with Gasteiger partial charge in [0.05, 0.1) is 13.2 Å². The average molecular weight is 309 g/mol. The van der Waals surface area contributed by atoms with Gasteiger partial charge in [0, 0.05) is 46.9 Å². The normalized spacial score (nSPS) is 15.4. The first-order valence-electron chi connectivity index (χ1n) is 7.75. The summed E-state index contributed by atoms with van der Waals surface area (Å²) in [5, 5.41) is 10.6. The Morgan fingerprint density at radius 2 is 2.27 bits per heavy atom. The number of ether oxygens (including phenoxy) is 1. The summed E-state index contributed by atoms with van der Waals surface area (Å²) < 4.78 is 6.93. The first-order chi connectivity index (χ1) is 10.7. The summed E-state index contributed by atoms with van der Waals surface area (Å²) >= 11 is 0. The molecular weight excluding hydrogens is 282 g/mol. The van der Waals surface area contributed by atoms with Crippen molar-refractivity contribution in [3.05, 3.63) is 12.2 Å². The van der Waals surface area contributed by atoms with Crippen molar-refractivity contribution in [2.24, 2.45) is 12.0 Å². The van der Waals surface area contributed by atoms with Gasteiger partial charge in [0.25, 0.3) is 0 Å². The van der Waals surface area contributed by atoms with Crippen molar-refractivity contribution in [1.82, 2.24) is 30.3 Å². The number of rotatable bonds is 9. The molecule has 0 aromatic carbocycles. The van der Waals surface area contributed by atoms with Gasteiger partial charge in [-0.25, -0.2) is 4.98 Å². The Hall–Kier alpha value is -1.67. The van der Waals surface area contributed by atoms with Crippen LogP contribution >= 0.6 is 0 Å². The maximum Gasteiger partial charge on any atom is 0.191 e. The second-order valence-electron chi connectivity index (χ2n) is 5.41. The molecule has 1 aliphatic carbocycles. The highest BCUT2D eigenvalue weighted by atomic mass is 16.5. The molecule has 1 fully saturated rings. The molecule has 8 heteroatoms. The molecule has 0 saturated heterocycles. The Labute approximate surface area is 132 Å². The van der Waals surface area contributed by atoms with Crippen LogP contribution in [0.4, 0.5) is 0 Å². The standard InChI is InChI=1S/C14H27N7O/c1-15-14(17-10-13-18-11-19-20(13)2)16-6-7-21(8-9-22-3)12-4-5-12/h11-12H,4-10H2,1-3H3,(H2,15,16,17). The number of aryl methyl sites for hydroxylation is 1. The van der Waals surface area contributed by atoms with Crippen LogP contribution in [0.25, 0.3) is 0 Å². The number of nitrogens with one attached hydrogen (secondary N) is 2. The molecular formula is C14H27N7O. The van der Waals surface area contributed by atoms with E-state index in [2.05, 4.69) is 30.6 Å². The average Bonchev–Trinajstić information content (AvgIpc) is 3.29. The fourth-order valence-corrected chi connectivity index (χ4v) is 2.31. The zero-order chi connectivity index (χ0) is 15.8. The molecule has 22 heavy (non-hydrogen) atoms. The molecule has 1 heterocycles. The van der Waals surface area contributed by atoms with Crippen molar-refractivity contribution in [2.45, 2.75) is 25.4 Å². The third kappa shape index (κ3) is 5.27. The van der Waals surface area contributed by atoms with E-state index in [9.17, 15) is 0 Å². The lowest BCUT2D eigenvalue weighted by Crippen LogP contribution is -2.42. The van der Waals surface area contributed by atoms with E-state index in [-0.39, 0.29) is 0 Å². The summed E-state index contributed by atoms with van der Waals surface area (Å²) in [5.41, 5.74) is 0. The molecule has 1 aliphatic rings. The van der Waals surface area contributed by atoms with Gasteiger partial charge in [-0.05, 0) is 12.8 Å². The summed E-state index contributed by atoms with van der Waals surface area (Å²) in [4.78, 5) is 10.9. The lowest BCUT2D eigenvalue weighted by atomic mass is 10.4. The minimum Gasteiger partial charge on any atom is -0.383 e. The zero-order valence-electron chi connectivity index (χ0n) is 13.7. The molecule has 1 saturated carbocycles. The van der Waals surface area contributed by atoms with Crippen LogP contribution in [-0.4, -0.2) is 72.1 Å². The van der Waals surface area contributed by atoms with Crippen molar-refractivity contribution in [1.29, 1.82) is 0 Å². The Morgan fingerprint density at radius 1 is 1.45 bits per heavy atom. The van der Waals surface area contributed by atoms with Crippen LogP contribution in [-0.2, 0) is 18.3 Å². The van der Waals surface area contributed by atoms with Crippen LogP contribution in [0.2, 0.25) is 0 Å². The van der Waals surface area contributed by atoms with Gasteiger partial charge in [0.2, 0.25) is 0 Å². The predicted octanol–water partition coefficient (Wildman–Crippen LogP) is -0.409. The van der Waals surface area contributed by atoms with E-state index in [1.807, 2.05) is 7.05 Å². The molecule has 0 spiro atoms. The van der Waals surface area contributed by atoms with Crippen LogP contribution in [0.3, 0.4) is 0 Å². The third-order valence-electron chi connectivity index (χ3n) is 3.78. The minimum atomic E-state index is 0.603. The Morgan fingerprint density at radius 3 is 2.86 bits per heavy atom. The summed E-state index contributed by atoms with van der Waals surface area (Å²) in [6.45, 7) is 4.24. The van der Waals surface area contributed by atoms with Gasteiger partial charge in [-0.15, -0.1) is 0 Å². The minimum absolute atomic E-state index is 0.603. The Bertz CT molecular complexity index is 470. The second-order valence-corrected chi connectivity index (χ2v) is 5.41. The highest BCUT2D eigenvalue weighted by Crippen LogP contribution is 2.25. The van der Waals surface area contributed by atoms with Crippen molar-refractivity contribution in [3.63, 3.8) is 0 Å². The smallest absolute Gasteiger partial charge is 0.191 e. The summed E-state index contributed by atoms with van der Waals surface area (Å²) in [6.07, 6.45) is 4.17. The lowest BCUT2D eigenvalue weighted by molar-refractivity contribution is 0.144. The molecule has 2 rings (SSSR count). The molecule has 0 bridgehead atoms. The molecule has 124 valence electrons. The molecule has 2 N–H and O–H groups in total. The summed E-state index contributed by atoms with van der Waals surface area (Å²) in [7, 11) is 5.40. The maximum absolute atomic E-state index is 5.18. The number of aliphatic imine (C=N–C) groups is 1. The van der Waals surface area contributed by atoms with Crippen molar-refractivity contribution in [3.8, 4) is 0 Å². The van der Waals surface area contributed by atoms with Gasteiger partial charge in [0.15, 0.2) is 5.96 Å². The lowest BCUT2D eigenvalue weighted by Gasteiger charge is -2.22. The maximum atomic E-state index is 5.18. The molecule has 0 atom stereocenters. The van der Waals surface area contributed by atoms with Crippen LogP contribution in [0, 0.1) is 0 Å².